The summed E-state index contributed by atoms with van der Waals surface area (Å²) in [5, 5.41) is 10.4. The van der Waals surface area contributed by atoms with Gasteiger partial charge in [-0.1, -0.05) is 24.3 Å². The lowest BCUT2D eigenvalue weighted by Crippen LogP contribution is -2.49. The monoisotopic (exact) mass is 369 g/mol. The summed E-state index contributed by atoms with van der Waals surface area (Å²) in [4.78, 5) is 0. The van der Waals surface area contributed by atoms with Crippen LogP contribution in [0.25, 0.3) is 6.08 Å². The minimum atomic E-state index is -0.266. The molecule has 0 fully saturated rings. The molecule has 2 aromatic rings. The van der Waals surface area contributed by atoms with Gasteiger partial charge in [-0.3, -0.25) is 0 Å². The maximum atomic E-state index is 13.3. The fourth-order valence-corrected chi connectivity index (χ4v) is 3.53. The first kappa shape index (κ1) is 16.9. The lowest BCUT2D eigenvalue weighted by atomic mass is 9.90. The molecule has 1 unspecified atom stereocenters. The second-order valence-corrected chi connectivity index (χ2v) is 6.72. The molecule has 6 heteroatoms. The number of benzene rings is 2. The Labute approximate surface area is 155 Å². The fourth-order valence-electron chi connectivity index (χ4n) is 3.31. The summed E-state index contributed by atoms with van der Waals surface area (Å²) in [5.41, 5.74) is 5.01. The summed E-state index contributed by atoms with van der Waals surface area (Å²) in [6.07, 6.45) is 2.02. The van der Waals surface area contributed by atoms with Crippen molar-refractivity contribution in [1.29, 1.82) is 0 Å². The zero-order chi connectivity index (χ0) is 18.1. The number of rotatable bonds is 2. The molecular formula is C20H17F2N3S. The SMILES string of the molecule is Fc1ccc(/C=C2\CNCC3=C2NC(=S)NC3c2ccc(F)cc2)cc1. The van der Waals surface area contributed by atoms with Crippen LogP contribution < -0.4 is 16.0 Å². The number of thiocarbonyl (C=S) groups is 1. The van der Waals surface area contributed by atoms with E-state index in [2.05, 4.69) is 16.0 Å². The molecule has 0 saturated heterocycles. The molecule has 0 saturated carbocycles. The average Bonchev–Trinajstić information content (AvgIpc) is 2.64. The van der Waals surface area contributed by atoms with Crippen LogP contribution in [0.1, 0.15) is 17.2 Å². The molecular weight excluding hydrogens is 352 g/mol. The third-order valence-corrected chi connectivity index (χ3v) is 4.77. The second kappa shape index (κ2) is 6.97. The van der Waals surface area contributed by atoms with Gasteiger partial charge in [0.15, 0.2) is 5.11 Å². The van der Waals surface area contributed by atoms with Gasteiger partial charge in [0, 0.05) is 18.8 Å². The lowest BCUT2D eigenvalue weighted by molar-refractivity contribution is 0.606. The van der Waals surface area contributed by atoms with E-state index in [1.165, 1.54) is 24.3 Å². The Kier molecular flexibility index (Phi) is 4.53. The van der Waals surface area contributed by atoms with Crippen molar-refractivity contribution in [3.8, 4) is 0 Å². The standard InChI is InChI=1S/C20H17F2N3S/c21-15-5-1-12(2-6-15)9-14-10-23-11-17-18(24-20(26)25-19(14)17)13-3-7-16(22)8-4-13/h1-9,18,23H,10-11H2,(H2,24,25,26)/b14-9+. The molecule has 4 rings (SSSR count). The van der Waals surface area contributed by atoms with Gasteiger partial charge in [0.05, 0.1) is 6.04 Å². The maximum absolute atomic E-state index is 13.3. The van der Waals surface area contributed by atoms with E-state index >= 15 is 0 Å². The average molecular weight is 369 g/mol. The summed E-state index contributed by atoms with van der Waals surface area (Å²) >= 11 is 5.38. The van der Waals surface area contributed by atoms with Gasteiger partial charge < -0.3 is 16.0 Å². The van der Waals surface area contributed by atoms with Crippen LogP contribution in [0.4, 0.5) is 8.78 Å². The highest BCUT2D eigenvalue weighted by atomic mass is 32.1. The van der Waals surface area contributed by atoms with Crippen LogP contribution in [0, 0.1) is 11.6 Å². The molecule has 2 aliphatic heterocycles. The molecule has 0 bridgehead atoms. The van der Waals surface area contributed by atoms with Crippen molar-refractivity contribution in [2.24, 2.45) is 0 Å². The van der Waals surface area contributed by atoms with E-state index in [9.17, 15) is 8.78 Å². The van der Waals surface area contributed by atoms with Crippen molar-refractivity contribution < 1.29 is 8.78 Å². The zero-order valence-electron chi connectivity index (χ0n) is 13.9. The predicted octanol–water partition coefficient (Wildman–Crippen LogP) is 3.42. The Hall–Kier alpha value is -2.57. The topological polar surface area (TPSA) is 36.1 Å². The molecule has 3 nitrogen and oxygen atoms in total. The summed E-state index contributed by atoms with van der Waals surface area (Å²) in [6, 6.07) is 12.7. The minimum absolute atomic E-state index is 0.122. The minimum Gasteiger partial charge on any atom is -0.352 e. The van der Waals surface area contributed by atoms with E-state index in [1.807, 2.05) is 6.08 Å². The molecule has 0 spiro atoms. The highest BCUT2D eigenvalue weighted by Crippen LogP contribution is 2.31. The van der Waals surface area contributed by atoms with Crippen LogP contribution in [0.5, 0.6) is 0 Å². The van der Waals surface area contributed by atoms with E-state index in [1.54, 1.807) is 24.3 Å². The Balaban J connectivity index is 1.75. The molecule has 1 atom stereocenters. The Morgan fingerprint density at radius 3 is 2.27 bits per heavy atom. The lowest BCUT2D eigenvalue weighted by Gasteiger charge is -2.36. The number of nitrogens with one attached hydrogen (secondary N) is 3. The van der Waals surface area contributed by atoms with Gasteiger partial charge in [-0.25, -0.2) is 8.78 Å². The van der Waals surface area contributed by atoms with Crippen LogP contribution in [0.3, 0.4) is 0 Å². The van der Waals surface area contributed by atoms with Crippen LogP contribution >= 0.6 is 12.2 Å². The third kappa shape index (κ3) is 3.38. The molecule has 2 aliphatic rings. The summed E-state index contributed by atoms with van der Waals surface area (Å²) in [5.74, 6) is -0.524. The summed E-state index contributed by atoms with van der Waals surface area (Å²) in [7, 11) is 0. The van der Waals surface area contributed by atoms with E-state index in [0.29, 0.717) is 18.2 Å². The Morgan fingerprint density at radius 2 is 1.58 bits per heavy atom. The van der Waals surface area contributed by atoms with E-state index in [-0.39, 0.29) is 17.7 Å². The quantitative estimate of drug-likeness (QED) is 0.709. The predicted molar refractivity (Wildman–Crippen MR) is 102 cm³/mol. The molecule has 2 heterocycles. The first-order valence-corrected chi connectivity index (χ1v) is 8.74. The smallest absolute Gasteiger partial charge is 0.171 e. The molecule has 132 valence electrons. The van der Waals surface area contributed by atoms with Gasteiger partial charge in [0.1, 0.15) is 11.6 Å². The Morgan fingerprint density at radius 1 is 0.923 bits per heavy atom. The van der Waals surface area contributed by atoms with Gasteiger partial charge >= 0.3 is 0 Å². The van der Waals surface area contributed by atoms with Crippen molar-refractivity contribution in [3.05, 3.63) is 88.1 Å². The highest BCUT2D eigenvalue weighted by Gasteiger charge is 2.30. The number of hydrogen-bond donors (Lipinski definition) is 3. The molecule has 0 amide bonds. The maximum Gasteiger partial charge on any atom is 0.171 e. The zero-order valence-corrected chi connectivity index (χ0v) is 14.7. The first-order valence-electron chi connectivity index (χ1n) is 8.33. The van der Waals surface area contributed by atoms with Crippen LogP contribution in [-0.2, 0) is 0 Å². The Bertz CT molecular complexity index is 902. The van der Waals surface area contributed by atoms with Gasteiger partial charge in [0.25, 0.3) is 0 Å². The van der Waals surface area contributed by atoms with Crippen molar-refractivity contribution in [2.45, 2.75) is 6.04 Å². The molecule has 3 N–H and O–H groups in total. The number of hydrogen-bond acceptors (Lipinski definition) is 2. The normalized spacial score (nSPS) is 21.2. The second-order valence-electron chi connectivity index (χ2n) is 6.31. The third-order valence-electron chi connectivity index (χ3n) is 4.55. The van der Waals surface area contributed by atoms with Crippen LogP contribution in [0.2, 0.25) is 0 Å². The summed E-state index contributed by atoms with van der Waals surface area (Å²) < 4.78 is 26.4. The van der Waals surface area contributed by atoms with Crippen molar-refractivity contribution in [3.63, 3.8) is 0 Å². The summed E-state index contributed by atoms with van der Waals surface area (Å²) in [6.45, 7) is 1.38. The molecule has 0 aromatic heterocycles. The van der Waals surface area contributed by atoms with Gasteiger partial charge in [0.2, 0.25) is 0 Å². The van der Waals surface area contributed by atoms with Gasteiger partial charge in [-0.15, -0.1) is 0 Å². The largest absolute Gasteiger partial charge is 0.352 e. The van der Waals surface area contributed by atoms with Gasteiger partial charge in [-0.05, 0) is 64.8 Å². The van der Waals surface area contributed by atoms with Crippen molar-refractivity contribution in [1.82, 2.24) is 16.0 Å². The van der Waals surface area contributed by atoms with Crippen molar-refractivity contribution in [2.75, 3.05) is 13.1 Å². The van der Waals surface area contributed by atoms with E-state index in [4.69, 9.17) is 12.2 Å². The highest BCUT2D eigenvalue weighted by molar-refractivity contribution is 7.80. The van der Waals surface area contributed by atoms with Crippen LogP contribution in [-0.4, -0.2) is 18.2 Å². The van der Waals surface area contributed by atoms with Crippen molar-refractivity contribution >= 4 is 23.4 Å². The van der Waals surface area contributed by atoms with E-state index < -0.39 is 0 Å². The molecule has 0 aliphatic carbocycles. The van der Waals surface area contributed by atoms with Gasteiger partial charge in [-0.2, -0.15) is 0 Å². The first-order chi connectivity index (χ1) is 12.6. The molecule has 0 radical (unpaired) electrons. The van der Waals surface area contributed by atoms with E-state index in [0.717, 1.165) is 28.0 Å². The van der Waals surface area contributed by atoms with Crippen LogP contribution in [0.15, 0.2) is 65.4 Å². The number of halogens is 2. The molecule has 26 heavy (non-hydrogen) atoms. The fraction of sp³-hybridized carbons (Fsp3) is 0.150. The molecule has 2 aromatic carbocycles.